The van der Waals surface area contributed by atoms with Crippen LogP contribution < -0.4 is 26.6 Å². The minimum Gasteiger partial charge on any atom is -0.457 e. The summed E-state index contributed by atoms with van der Waals surface area (Å²) in [4.78, 5) is 35.2. The first-order valence-corrected chi connectivity index (χ1v) is 9.48. The Morgan fingerprint density at radius 3 is 1.87 bits per heavy atom. The number of rotatable bonds is 7. The number of hydrogen-bond acceptors (Lipinski definition) is 5. The van der Waals surface area contributed by atoms with Crippen LogP contribution in [0, 0.1) is 6.92 Å². The van der Waals surface area contributed by atoms with Gasteiger partial charge in [-0.1, -0.05) is 17.7 Å². The Labute approximate surface area is 179 Å². The van der Waals surface area contributed by atoms with Gasteiger partial charge in [0.2, 0.25) is 5.91 Å². The highest BCUT2D eigenvalue weighted by molar-refractivity contribution is 5.95. The summed E-state index contributed by atoms with van der Waals surface area (Å²) >= 11 is 0. The van der Waals surface area contributed by atoms with Gasteiger partial charge >= 0.3 is 0 Å². The number of hydrogen-bond donors (Lipinski definition) is 4. The van der Waals surface area contributed by atoms with E-state index in [2.05, 4.69) is 16.2 Å². The Kier molecular flexibility index (Phi) is 6.85. The van der Waals surface area contributed by atoms with Crippen LogP contribution in [-0.2, 0) is 4.79 Å². The molecular weight excluding hydrogens is 396 g/mol. The van der Waals surface area contributed by atoms with Crippen LogP contribution in [0.25, 0.3) is 0 Å². The van der Waals surface area contributed by atoms with E-state index < -0.39 is 11.8 Å². The predicted octanol–water partition coefficient (Wildman–Crippen LogP) is 2.76. The molecular formula is C23H22N4O4. The number of aryl methyl sites for hydroxylation is 1. The van der Waals surface area contributed by atoms with Crippen molar-refractivity contribution in [3.05, 3.63) is 89.5 Å². The molecule has 8 heteroatoms. The van der Waals surface area contributed by atoms with E-state index in [0.717, 1.165) is 11.3 Å². The van der Waals surface area contributed by atoms with Crippen molar-refractivity contribution in [2.45, 2.75) is 6.92 Å². The lowest BCUT2D eigenvalue weighted by molar-refractivity contribution is -0.120. The average Bonchev–Trinajstić information content (AvgIpc) is 2.78. The van der Waals surface area contributed by atoms with Gasteiger partial charge in [-0.05, 0) is 67.6 Å². The van der Waals surface area contributed by atoms with E-state index in [1.807, 2.05) is 31.2 Å². The molecule has 0 aliphatic carbocycles. The predicted molar refractivity (Wildman–Crippen MR) is 117 cm³/mol. The van der Waals surface area contributed by atoms with E-state index in [4.69, 9.17) is 10.5 Å². The van der Waals surface area contributed by atoms with E-state index in [1.165, 1.54) is 0 Å². The van der Waals surface area contributed by atoms with Crippen molar-refractivity contribution in [3.8, 4) is 11.5 Å². The Balaban J connectivity index is 1.46. The highest BCUT2D eigenvalue weighted by Gasteiger charge is 2.08. The van der Waals surface area contributed by atoms with Crippen LogP contribution in [0.3, 0.4) is 0 Å². The molecule has 0 radical (unpaired) electrons. The topological polar surface area (TPSA) is 123 Å². The lowest BCUT2D eigenvalue weighted by Crippen LogP contribution is -2.44. The smallest absolute Gasteiger partial charge is 0.269 e. The molecule has 0 heterocycles. The lowest BCUT2D eigenvalue weighted by Gasteiger charge is -2.10. The van der Waals surface area contributed by atoms with Crippen molar-refractivity contribution in [3.63, 3.8) is 0 Å². The summed E-state index contributed by atoms with van der Waals surface area (Å²) in [6.45, 7) is 2.00. The number of nitrogens with one attached hydrogen (secondary N) is 3. The normalized spacial score (nSPS) is 10.1. The highest BCUT2D eigenvalue weighted by atomic mass is 16.5. The van der Waals surface area contributed by atoms with Crippen molar-refractivity contribution in [2.24, 2.45) is 5.73 Å². The number of primary amides is 1. The van der Waals surface area contributed by atoms with Crippen molar-refractivity contribution in [1.29, 1.82) is 0 Å². The summed E-state index contributed by atoms with van der Waals surface area (Å²) in [5.74, 6) is -0.320. The molecule has 0 spiro atoms. The fourth-order valence-corrected chi connectivity index (χ4v) is 2.59. The van der Waals surface area contributed by atoms with Gasteiger partial charge in [0.25, 0.3) is 11.8 Å². The van der Waals surface area contributed by atoms with E-state index in [9.17, 15) is 14.4 Å². The molecule has 0 bridgehead atoms. The number of carbonyl (C=O) groups excluding carboxylic acids is 3. The van der Waals surface area contributed by atoms with Crippen LogP contribution in [0.5, 0.6) is 11.5 Å². The average molecular weight is 418 g/mol. The molecule has 3 aromatic rings. The third kappa shape index (κ3) is 6.33. The zero-order valence-corrected chi connectivity index (χ0v) is 16.8. The number of ether oxygens (including phenoxy) is 1. The van der Waals surface area contributed by atoms with Crippen LogP contribution in [0.2, 0.25) is 0 Å². The van der Waals surface area contributed by atoms with Gasteiger partial charge in [-0.2, -0.15) is 0 Å². The minimum atomic E-state index is -0.514. The van der Waals surface area contributed by atoms with E-state index in [1.54, 1.807) is 48.5 Å². The molecule has 3 amide bonds. The molecule has 31 heavy (non-hydrogen) atoms. The first-order valence-electron chi connectivity index (χ1n) is 9.48. The second-order valence-electron chi connectivity index (χ2n) is 6.74. The number of anilines is 1. The van der Waals surface area contributed by atoms with Gasteiger partial charge < -0.3 is 15.8 Å². The molecule has 3 aromatic carbocycles. The van der Waals surface area contributed by atoms with Gasteiger partial charge in [-0.3, -0.25) is 25.2 Å². The summed E-state index contributed by atoms with van der Waals surface area (Å²) in [5, 5.41) is 2.97. The van der Waals surface area contributed by atoms with Crippen LogP contribution >= 0.6 is 0 Å². The number of hydrazine groups is 1. The molecule has 0 saturated heterocycles. The monoisotopic (exact) mass is 418 g/mol. The van der Waals surface area contributed by atoms with Gasteiger partial charge in [0.1, 0.15) is 11.5 Å². The van der Waals surface area contributed by atoms with Crippen LogP contribution in [0.15, 0.2) is 72.8 Å². The number of benzene rings is 3. The molecule has 0 aliphatic rings. The second-order valence-corrected chi connectivity index (χ2v) is 6.74. The molecule has 3 rings (SSSR count). The molecule has 0 atom stereocenters. The molecule has 5 N–H and O–H groups in total. The van der Waals surface area contributed by atoms with Crippen LogP contribution in [0.4, 0.5) is 5.69 Å². The first kappa shape index (κ1) is 21.4. The van der Waals surface area contributed by atoms with E-state index in [-0.39, 0.29) is 12.5 Å². The fraction of sp³-hybridized carbons (Fsp3) is 0.0870. The van der Waals surface area contributed by atoms with E-state index in [0.29, 0.717) is 22.6 Å². The largest absolute Gasteiger partial charge is 0.457 e. The summed E-state index contributed by atoms with van der Waals surface area (Å²) in [7, 11) is 0. The Morgan fingerprint density at radius 2 is 1.32 bits per heavy atom. The maximum absolute atomic E-state index is 12.2. The third-order valence-electron chi connectivity index (χ3n) is 4.31. The van der Waals surface area contributed by atoms with Gasteiger partial charge in [0.15, 0.2) is 0 Å². The van der Waals surface area contributed by atoms with Crippen LogP contribution in [0.1, 0.15) is 26.3 Å². The highest BCUT2D eigenvalue weighted by Crippen LogP contribution is 2.22. The molecule has 8 nitrogen and oxygen atoms in total. The molecule has 0 aliphatic heterocycles. The van der Waals surface area contributed by atoms with Crippen molar-refractivity contribution in [2.75, 3.05) is 11.9 Å². The van der Waals surface area contributed by atoms with E-state index >= 15 is 0 Å². The van der Waals surface area contributed by atoms with Gasteiger partial charge in [0, 0.05) is 16.8 Å². The summed E-state index contributed by atoms with van der Waals surface area (Å²) < 4.78 is 5.67. The molecule has 0 aromatic heterocycles. The lowest BCUT2D eigenvalue weighted by atomic mass is 10.2. The zero-order valence-electron chi connectivity index (χ0n) is 16.8. The minimum absolute atomic E-state index is 0.0185. The number of carbonyl (C=O) groups is 3. The molecule has 158 valence electrons. The van der Waals surface area contributed by atoms with Gasteiger partial charge in [-0.25, -0.2) is 0 Å². The molecule has 0 unspecified atom stereocenters. The molecule has 0 saturated carbocycles. The maximum atomic E-state index is 12.2. The molecule has 0 fully saturated rings. The van der Waals surface area contributed by atoms with Gasteiger partial charge in [-0.15, -0.1) is 0 Å². The van der Waals surface area contributed by atoms with Crippen LogP contribution in [-0.4, -0.2) is 24.3 Å². The summed E-state index contributed by atoms with van der Waals surface area (Å²) in [6.07, 6.45) is 0. The van der Waals surface area contributed by atoms with Crippen molar-refractivity contribution >= 4 is 23.4 Å². The Morgan fingerprint density at radius 1 is 0.774 bits per heavy atom. The quantitative estimate of drug-likeness (QED) is 0.440. The Bertz CT molecular complexity index is 1060. The van der Waals surface area contributed by atoms with Crippen molar-refractivity contribution < 1.29 is 19.1 Å². The zero-order chi connectivity index (χ0) is 22.2. The summed E-state index contributed by atoms with van der Waals surface area (Å²) in [5.41, 5.74) is 12.6. The van der Waals surface area contributed by atoms with Gasteiger partial charge in [0.05, 0.1) is 6.54 Å². The SMILES string of the molecule is Cc1ccc(NCC(=O)NNC(=O)c2ccc(Oc3ccc(C(N)=O)cc3)cc2)cc1. The first-order chi connectivity index (χ1) is 14.9. The standard InChI is InChI=1S/C23H22N4O4/c1-15-2-8-18(9-3-15)25-14-21(28)26-27-23(30)17-6-12-20(13-7-17)31-19-10-4-16(5-11-19)22(24)29/h2-13,25H,14H2,1H3,(H2,24,29)(H,26,28)(H,27,30). The van der Waals surface area contributed by atoms with Crippen molar-refractivity contribution in [1.82, 2.24) is 10.9 Å². The number of amides is 3. The second kappa shape index (κ2) is 9.93. The Hall–Kier alpha value is -4.33. The maximum Gasteiger partial charge on any atom is 0.269 e. The third-order valence-corrected chi connectivity index (χ3v) is 4.31. The number of nitrogens with two attached hydrogens (primary N) is 1. The summed E-state index contributed by atoms with van der Waals surface area (Å²) in [6, 6.07) is 20.4. The fourth-order valence-electron chi connectivity index (χ4n) is 2.59.